The zero-order chi connectivity index (χ0) is 16.4. The summed E-state index contributed by atoms with van der Waals surface area (Å²) in [7, 11) is 1.64. The zero-order valence-electron chi connectivity index (χ0n) is 13.5. The maximum absolute atomic E-state index is 12.7. The monoisotopic (exact) mass is 318 g/mol. The van der Waals surface area contributed by atoms with Crippen LogP contribution in [-0.4, -0.2) is 50.3 Å². The number of anilines is 1. The molecule has 1 aromatic rings. The standard InChI is InChI=1S/C17H22N2O4/c1-11(20)19-14-6-4-3-5-12(14)9-15(19)17(21)18-13-10-23-8-7-16(13)22-2/h3-6,13,15-16H,7-10H2,1-2H3,(H,18,21)/t13-,15+,16-/m1/s1. The van der Waals surface area contributed by atoms with Crippen molar-refractivity contribution in [3.63, 3.8) is 0 Å². The van der Waals surface area contributed by atoms with Crippen molar-refractivity contribution in [1.82, 2.24) is 5.32 Å². The van der Waals surface area contributed by atoms with Gasteiger partial charge in [0.1, 0.15) is 6.04 Å². The first kappa shape index (κ1) is 16.0. The molecule has 2 aliphatic rings. The van der Waals surface area contributed by atoms with E-state index >= 15 is 0 Å². The van der Waals surface area contributed by atoms with Crippen LogP contribution in [0.2, 0.25) is 0 Å². The molecule has 2 amide bonds. The Bertz CT molecular complexity index is 604. The van der Waals surface area contributed by atoms with Crippen LogP contribution < -0.4 is 10.2 Å². The van der Waals surface area contributed by atoms with Crippen molar-refractivity contribution in [3.05, 3.63) is 29.8 Å². The number of nitrogens with zero attached hydrogens (tertiary/aromatic N) is 1. The summed E-state index contributed by atoms with van der Waals surface area (Å²) < 4.78 is 10.9. The lowest BCUT2D eigenvalue weighted by molar-refractivity contribution is -0.128. The van der Waals surface area contributed by atoms with Crippen molar-refractivity contribution >= 4 is 17.5 Å². The third kappa shape index (κ3) is 3.09. The van der Waals surface area contributed by atoms with Gasteiger partial charge in [0.15, 0.2) is 0 Å². The highest BCUT2D eigenvalue weighted by Gasteiger charge is 2.38. The van der Waals surface area contributed by atoms with Crippen LogP contribution in [0.3, 0.4) is 0 Å². The predicted octanol–water partition coefficient (Wildman–Crippen LogP) is 0.884. The van der Waals surface area contributed by atoms with Crippen LogP contribution >= 0.6 is 0 Å². The number of benzene rings is 1. The molecule has 0 radical (unpaired) electrons. The van der Waals surface area contributed by atoms with Gasteiger partial charge in [-0.3, -0.25) is 14.5 Å². The number of nitrogens with one attached hydrogen (secondary N) is 1. The number of ether oxygens (including phenoxy) is 2. The number of methoxy groups -OCH3 is 1. The molecular weight excluding hydrogens is 296 g/mol. The van der Waals surface area contributed by atoms with Crippen molar-refractivity contribution in [2.24, 2.45) is 0 Å². The number of carbonyl (C=O) groups is 2. The summed E-state index contributed by atoms with van der Waals surface area (Å²) in [4.78, 5) is 26.4. The van der Waals surface area contributed by atoms with E-state index in [0.717, 1.165) is 17.7 Å². The summed E-state index contributed by atoms with van der Waals surface area (Å²) in [5, 5.41) is 3.00. The SMILES string of the molecule is CO[C@@H]1CCOC[C@H]1NC(=O)[C@@H]1Cc2ccccc2N1C(C)=O. The summed E-state index contributed by atoms with van der Waals surface area (Å²) in [5.74, 6) is -0.285. The van der Waals surface area contributed by atoms with Gasteiger partial charge in [0, 0.05) is 32.7 Å². The first-order valence-electron chi connectivity index (χ1n) is 7.90. The molecule has 124 valence electrons. The Labute approximate surface area is 135 Å². The minimum Gasteiger partial charge on any atom is -0.379 e. The van der Waals surface area contributed by atoms with Gasteiger partial charge in [-0.05, 0) is 18.1 Å². The van der Waals surface area contributed by atoms with Crippen molar-refractivity contribution in [2.45, 2.75) is 38.0 Å². The summed E-state index contributed by atoms with van der Waals surface area (Å²) in [6, 6.07) is 6.95. The van der Waals surface area contributed by atoms with Crippen LogP contribution in [0.1, 0.15) is 18.9 Å². The van der Waals surface area contributed by atoms with E-state index in [-0.39, 0.29) is 24.0 Å². The number of carbonyl (C=O) groups excluding carboxylic acids is 2. The maximum Gasteiger partial charge on any atom is 0.243 e. The molecule has 0 aromatic heterocycles. The molecule has 1 N–H and O–H groups in total. The number of amides is 2. The van der Waals surface area contributed by atoms with Gasteiger partial charge < -0.3 is 14.8 Å². The second-order valence-electron chi connectivity index (χ2n) is 5.99. The molecule has 1 saturated heterocycles. The molecule has 2 aliphatic heterocycles. The quantitative estimate of drug-likeness (QED) is 0.898. The molecule has 0 aliphatic carbocycles. The molecule has 1 fully saturated rings. The number of para-hydroxylation sites is 1. The summed E-state index contributed by atoms with van der Waals surface area (Å²) >= 11 is 0. The molecule has 1 aromatic carbocycles. The second kappa shape index (κ2) is 6.68. The largest absolute Gasteiger partial charge is 0.379 e. The average molecular weight is 318 g/mol. The lowest BCUT2D eigenvalue weighted by Gasteiger charge is -2.33. The molecule has 6 nitrogen and oxygen atoms in total. The van der Waals surface area contributed by atoms with Crippen LogP contribution in [0.5, 0.6) is 0 Å². The highest BCUT2D eigenvalue weighted by atomic mass is 16.5. The van der Waals surface area contributed by atoms with E-state index in [0.29, 0.717) is 19.6 Å². The molecule has 3 rings (SSSR count). The van der Waals surface area contributed by atoms with Crippen molar-refractivity contribution in [1.29, 1.82) is 0 Å². The molecule has 0 saturated carbocycles. The van der Waals surface area contributed by atoms with Gasteiger partial charge in [0.05, 0.1) is 18.8 Å². The van der Waals surface area contributed by atoms with Gasteiger partial charge in [-0.25, -0.2) is 0 Å². The highest BCUT2D eigenvalue weighted by Crippen LogP contribution is 2.32. The Kier molecular flexibility index (Phi) is 4.63. The van der Waals surface area contributed by atoms with Crippen LogP contribution in [0.15, 0.2) is 24.3 Å². The Balaban J connectivity index is 1.76. The van der Waals surface area contributed by atoms with Crippen molar-refractivity contribution in [3.8, 4) is 0 Å². The number of hydrogen-bond acceptors (Lipinski definition) is 4. The van der Waals surface area contributed by atoms with Crippen molar-refractivity contribution < 1.29 is 19.1 Å². The number of hydrogen-bond donors (Lipinski definition) is 1. The molecule has 0 unspecified atom stereocenters. The molecule has 2 heterocycles. The van der Waals surface area contributed by atoms with Crippen LogP contribution in [0, 0.1) is 0 Å². The Morgan fingerprint density at radius 3 is 2.87 bits per heavy atom. The Morgan fingerprint density at radius 2 is 2.13 bits per heavy atom. The molecule has 6 heteroatoms. The molecule has 3 atom stereocenters. The van der Waals surface area contributed by atoms with Gasteiger partial charge >= 0.3 is 0 Å². The maximum atomic E-state index is 12.7. The van der Waals surface area contributed by atoms with E-state index in [2.05, 4.69) is 5.32 Å². The van der Waals surface area contributed by atoms with Crippen LogP contribution in [0.4, 0.5) is 5.69 Å². The van der Waals surface area contributed by atoms with E-state index in [1.54, 1.807) is 12.0 Å². The van der Waals surface area contributed by atoms with E-state index in [9.17, 15) is 9.59 Å². The molecular formula is C17H22N2O4. The van der Waals surface area contributed by atoms with Crippen LogP contribution in [0.25, 0.3) is 0 Å². The molecule has 0 spiro atoms. The number of rotatable bonds is 3. The van der Waals surface area contributed by atoms with Crippen molar-refractivity contribution in [2.75, 3.05) is 25.2 Å². The smallest absolute Gasteiger partial charge is 0.243 e. The molecule has 0 bridgehead atoms. The van der Waals surface area contributed by atoms with E-state index in [1.165, 1.54) is 6.92 Å². The Morgan fingerprint density at radius 1 is 1.35 bits per heavy atom. The van der Waals surface area contributed by atoms with E-state index in [1.807, 2.05) is 24.3 Å². The topological polar surface area (TPSA) is 67.9 Å². The highest BCUT2D eigenvalue weighted by molar-refractivity contribution is 6.02. The number of fused-ring (bicyclic) bond motifs is 1. The normalized spacial score (nSPS) is 26.7. The minimum absolute atomic E-state index is 0.0535. The fourth-order valence-electron chi connectivity index (χ4n) is 3.40. The zero-order valence-corrected chi connectivity index (χ0v) is 13.5. The fourth-order valence-corrected chi connectivity index (χ4v) is 3.40. The Hall–Kier alpha value is -1.92. The third-order valence-corrected chi connectivity index (χ3v) is 4.54. The predicted molar refractivity (Wildman–Crippen MR) is 85.3 cm³/mol. The van der Waals surface area contributed by atoms with E-state index < -0.39 is 6.04 Å². The van der Waals surface area contributed by atoms with Gasteiger partial charge in [-0.2, -0.15) is 0 Å². The van der Waals surface area contributed by atoms with Gasteiger partial charge in [-0.1, -0.05) is 18.2 Å². The summed E-state index contributed by atoms with van der Waals surface area (Å²) in [5.41, 5.74) is 1.84. The second-order valence-corrected chi connectivity index (χ2v) is 5.99. The van der Waals surface area contributed by atoms with E-state index in [4.69, 9.17) is 9.47 Å². The summed E-state index contributed by atoms with van der Waals surface area (Å²) in [6.07, 6.45) is 1.23. The first-order chi connectivity index (χ1) is 11.1. The molecule has 23 heavy (non-hydrogen) atoms. The van der Waals surface area contributed by atoms with Gasteiger partial charge in [0.25, 0.3) is 0 Å². The van der Waals surface area contributed by atoms with Gasteiger partial charge in [0.2, 0.25) is 11.8 Å². The van der Waals surface area contributed by atoms with Crippen LogP contribution in [-0.2, 0) is 25.5 Å². The minimum atomic E-state index is -0.510. The first-order valence-corrected chi connectivity index (χ1v) is 7.90. The fraction of sp³-hybridized carbons (Fsp3) is 0.529. The lowest BCUT2D eigenvalue weighted by atomic mass is 10.0. The van der Waals surface area contributed by atoms with Gasteiger partial charge in [-0.15, -0.1) is 0 Å². The summed E-state index contributed by atoms with van der Waals surface area (Å²) in [6.45, 7) is 2.56. The third-order valence-electron chi connectivity index (χ3n) is 4.54. The average Bonchev–Trinajstić information content (AvgIpc) is 2.95. The lowest BCUT2D eigenvalue weighted by Crippen LogP contribution is -2.56.